The van der Waals surface area contributed by atoms with Crippen LogP contribution in [0.15, 0.2) is 42.5 Å². The van der Waals surface area contributed by atoms with E-state index in [4.69, 9.17) is 5.21 Å². The smallest absolute Gasteiger partial charge is 0.0609 e. The second-order valence-corrected chi connectivity index (χ2v) is 3.27. The van der Waals surface area contributed by atoms with Crippen LogP contribution < -0.4 is 5.01 Å². The molecule has 0 amide bonds. The molecule has 0 saturated carbocycles. The lowest BCUT2D eigenvalue weighted by Crippen LogP contribution is -2.32. The Labute approximate surface area is 87.5 Å². The SMILES string of the molecule is CN(c1cccc2ccccc12)N([O-])O. The number of benzene rings is 2. The first-order valence-electron chi connectivity index (χ1n) is 4.57. The van der Waals surface area contributed by atoms with E-state index in [1.54, 1.807) is 6.07 Å². The Kier molecular flexibility index (Phi) is 2.55. The minimum atomic E-state index is -0.179. The van der Waals surface area contributed by atoms with Crippen molar-refractivity contribution in [1.82, 2.24) is 5.34 Å². The molecule has 0 unspecified atom stereocenters. The summed E-state index contributed by atoms with van der Waals surface area (Å²) in [5.74, 6) is 0. The van der Waals surface area contributed by atoms with Gasteiger partial charge in [-0.25, -0.2) is 0 Å². The van der Waals surface area contributed by atoms with Crippen LogP contribution in [0.4, 0.5) is 5.69 Å². The van der Waals surface area contributed by atoms with Crippen LogP contribution in [0.3, 0.4) is 0 Å². The first-order valence-corrected chi connectivity index (χ1v) is 4.57. The third-order valence-corrected chi connectivity index (χ3v) is 2.37. The summed E-state index contributed by atoms with van der Waals surface area (Å²) in [5, 5.41) is 22.5. The Hall–Kier alpha value is -1.62. The molecule has 2 aromatic carbocycles. The lowest BCUT2D eigenvalue weighted by atomic mass is 10.1. The molecule has 2 rings (SSSR count). The lowest BCUT2D eigenvalue weighted by molar-refractivity contribution is -0.0469. The zero-order chi connectivity index (χ0) is 10.8. The molecule has 78 valence electrons. The average molecular weight is 203 g/mol. The molecule has 0 aliphatic carbocycles. The molecule has 4 nitrogen and oxygen atoms in total. The minimum Gasteiger partial charge on any atom is -0.743 e. The molecule has 0 radical (unpaired) electrons. The van der Waals surface area contributed by atoms with Crippen molar-refractivity contribution in [2.24, 2.45) is 0 Å². The van der Waals surface area contributed by atoms with Gasteiger partial charge in [0.1, 0.15) is 0 Å². The van der Waals surface area contributed by atoms with Crippen LogP contribution >= 0.6 is 0 Å². The molecule has 0 fully saturated rings. The first-order chi connectivity index (χ1) is 7.20. The maximum atomic E-state index is 10.8. The predicted octanol–water partition coefficient (Wildman–Crippen LogP) is 2.38. The monoisotopic (exact) mass is 203 g/mol. The summed E-state index contributed by atoms with van der Waals surface area (Å²) in [6, 6.07) is 13.3. The van der Waals surface area contributed by atoms with Gasteiger partial charge < -0.3 is 10.4 Å². The summed E-state index contributed by atoms with van der Waals surface area (Å²) in [6.07, 6.45) is 0. The molecule has 0 aliphatic heterocycles. The molecule has 0 spiro atoms. The van der Waals surface area contributed by atoms with E-state index in [1.165, 1.54) is 7.05 Å². The lowest BCUT2D eigenvalue weighted by Gasteiger charge is -2.32. The molecular weight excluding hydrogens is 192 g/mol. The van der Waals surface area contributed by atoms with Crippen molar-refractivity contribution in [3.63, 3.8) is 0 Å². The number of rotatable bonds is 2. The van der Waals surface area contributed by atoms with E-state index in [9.17, 15) is 5.21 Å². The fourth-order valence-corrected chi connectivity index (χ4v) is 1.58. The van der Waals surface area contributed by atoms with Gasteiger partial charge in [-0.15, -0.1) is 0 Å². The van der Waals surface area contributed by atoms with Crippen LogP contribution in [-0.4, -0.2) is 17.6 Å². The summed E-state index contributed by atoms with van der Waals surface area (Å²) in [6.45, 7) is 0. The highest BCUT2D eigenvalue weighted by Gasteiger charge is 2.05. The number of hydrogen-bond donors (Lipinski definition) is 1. The minimum absolute atomic E-state index is 0.179. The standard InChI is InChI=1S/C11H11N2O2/c1-12(13(14)15)11-8-4-6-9-5-2-3-7-10(9)11/h2-8,14H,1H3/q-1. The second-order valence-electron chi connectivity index (χ2n) is 3.27. The van der Waals surface area contributed by atoms with E-state index in [0.717, 1.165) is 15.8 Å². The van der Waals surface area contributed by atoms with Crippen molar-refractivity contribution in [2.45, 2.75) is 0 Å². The van der Waals surface area contributed by atoms with E-state index in [-0.39, 0.29) is 5.34 Å². The van der Waals surface area contributed by atoms with Gasteiger partial charge in [0.2, 0.25) is 0 Å². The van der Waals surface area contributed by atoms with E-state index in [1.807, 2.05) is 36.4 Å². The highest BCUT2D eigenvalue weighted by molar-refractivity contribution is 5.93. The second kappa shape index (κ2) is 3.86. The number of hydrazine groups is 1. The molecule has 0 saturated heterocycles. The third kappa shape index (κ3) is 1.78. The van der Waals surface area contributed by atoms with Crippen molar-refractivity contribution in [2.75, 3.05) is 12.1 Å². The third-order valence-electron chi connectivity index (χ3n) is 2.37. The van der Waals surface area contributed by atoms with Gasteiger partial charge in [0.05, 0.1) is 5.69 Å². The Morgan fingerprint density at radius 3 is 2.47 bits per heavy atom. The van der Waals surface area contributed by atoms with Gasteiger partial charge in [-0.05, 0) is 11.5 Å². The summed E-state index contributed by atoms with van der Waals surface area (Å²) in [5.41, 5.74) is 0.672. The molecule has 0 aromatic heterocycles. The first kappa shape index (κ1) is 9.92. The van der Waals surface area contributed by atoms with Gasteiger partial charge >= 0.3 is 0 Å². The van der Waals surface area contributed by atoms with E-state index in [2.05, 4.69) is 0 Å². The predicted molar refractivity (Wildman–Crippen MR) is 59.3 cm³/mol. The van der Waals surface area contributed by atoms with Crippen molar-refractivity contribution in [3.8, 4) is 0 Å². The van der Waals surface area contributed by atoms with Crippen molar-refractivity contribution in [3.05, 3.63) is 47.7 Å². The van der Waals surface area contributed by atoms with Gasteiger partial charge in [0.15, 0.2) is 0 Å². The topological polar surface area (TPSA) is 49.8 Å². The molecule has 0 atom stereocenters. The fraction of sp³-hybridized carbons (Fsp3) is 0.0909. The van der Waals surface area contributed by atoms with Gasteiger partial charge in [0.25, 0.3) is 0 Å². The van der Waals surface area contributed by atoms with Crippen molar-refractivity contribution in [1.29, 1.82) is 0 Å². The molecule has 0 heterocycles. The average Bonchev–Trinajstić information content (AvgIpc) is 2.27. The van der Waals surface area contributed by atoms with E-state index >= 15 is 0 Å². The number of anilines is 1. The zero-order valence-electron chi connectivity index (χ0n) is 8.29. The van der Waals surface area contributed by atoms with Gasteiger partial charge in [0, 0.05) is 12.4 Å². The normalized spacial score (nSPS) is 10.9. The summed E-state index contributed by atoms with van der Waals surface area (Å²) >= 11 is 0. The Bertz CT molecular complexity index is 466. The molecule has 15 heavy (non-hydrogen) atoms. The van der Waals surface area contributed by atoms with Crippen LogP contribution in [0, 0.1) is 5.21 Å². The highest BCUT2D eigenvalue weighted by atomic mass is 16.8. The highest BCUT2D eigenvalue weighted by Crippen LogP contribution is 2.25. The number of hydrogen-bond acceptors (Lipinski definition) is 4. The molecular formula is C11H11N2O2-. The van der Waals surface area contributed by atoms with Crippen molar-refractivity contribution >= 4 is 16.5 Å². The molecule has 1 N–H and O–H groups in total. The Morgan fingerprint density at radius 1 is 1.07 bits per heavy atom. The fourth-order valence-electron chi connectivity index (χ4n) is 1.58. The number of nitrogens with zero attached hydrogens (tertiary/aromatic N) is 2. The van der Waals surface area contributed by atoms with Crippen LogP contribution in [0.2, 0.25) is 0 Å². The van der Waals surface area contributed by atoms with Crippen LogP contribution in [0.25, 0.3) is 10.8 Å². The van der Waals surface area contributed by atoms with Crippen LogP contribution in [0.5, 0.6) is 0 Å². The number of fused-ring (bicyclic) bond motifs is 1. The van der Waals surface area contributed by atoms with E-state index in [0.29, 0.717) is 5.69 Å². The largest absolute Gasteiger partial charge is 0.743 e. The molecule has 0 bridgehead atoms. The maximum absolute atomic E-state index is 10.8. The van der Waals surface area contributed by atoms with Gasteiger partial charge in [-0.3, -0.25) is 5.01 Å². The maximum Gasteiger partial charge on any atom is 0.0609 e. The molecule has 4 heteroatoms. The quantitative estimate of drug-likeness (QED) is 0.761. The van der Waals surface area contributed by atoms with Gasteiger partial charge in [-0.1, -0.05) is 36.4 Å². The van der Waals surface area contributed by atoms with Gasteiger partial charge in [-0.2, -0.15) is 5.34 Å². The summed E-state index contributed by atoms with van der Waals surface area (Å²) < 4.78 is 0. The summed E-state index contributed by atoms with van der Waals surface area (Å²) in [7, 11) is 1.51. The Balaban J connectivity index is 2.60. The summed E-state index contributed by atoms with van der Waals surface area (Å²) in [4.78, 5) is 0. The molecule has 0 aliphatic rings. The molecule has 2 aromatic rings. The van der Waals surface area contributed by atoms with E-state index < -0.39 is 0 Å². The van der Waals surface area contributed by atoms with Crippen molar-refractivity contribution < 1.29 is 5.21 Å². The Morgan fingerprint density at radius 2 is 1.73 bits per heavy atom. The zero-order valence-corrected chi connectivity index (χ0v) is 8.29. The van der Waals surface area contributed by atoms with Crippen LogP contribution in [0.1, 0.15) is 0 Å². The van der Waals surface area contributed by atoms with Crippen LogP contribution in [-0.2, 0) is 0 Å².